The Morgan fingerprint density at radius 1 is 1.00 bits per heavy atom. The Bertz CT molecular complexity index is 1290. The van der Waals surface area contributed by atoms with Crippen LogP contribution in [0.25, 0.3) is 21.4 Å². The molecule has 1 saturated heterocycles. The van der Waals surface area contributed by atoms with Gasteiger partial charge in [0.1, 0.15) is 4.70 Å². The van der Waals surface area contributed by atoms with Crippen molar-refractivity contribution in [3.8, 4) is 11.1 Å². The molecule has 0 radical (unpaired) electrons. The van der Waals surface area contributed by atoms with Gasteiger partial charge < -0.3 is 14.6 Å². The summed E-state index contributed by atoms with van der Waals surface area (Å²) in [7, 11) is 0. The Hall–Kier alpha value is -3.38. The number of hydrogen-bond acceptors (Lipinski definition) is 5. The highest BCUT2D eigenvalue weighted by molar-refractivity contribution is 7.17. The lowest BCUT2D eigenvalue weighted by Gasteiger charge is -2.26. The summed E-state index contributed by atoms with van der Waals surface area (Å²) in [5.74, 6) is 0.535. The largest absolute Gasteiger partial charge is 0.439 e. The summed E-state index contributed by atoms with van der Waals surface area (Å²) in [4.78, 5) is 27.4. The Morgan fingerprint density at radius 3 is 2.50 bits per heavy atom. The average Bonchev–Trinajstić information content (AvgIpc) is 3.28. The molecule has 3 heterocycles. The van der Waals surface area contributed by atoms with E-state index in [4.69, 9.17) is 4.42 Å². The summed E-state index contributed by atoms with van der Waals surface area (Å²) in [6.07, 6.45) is 3.45. The van der Waals surface area contributed by atoms with E-state index in [1.807, 2.05) is 60.0 Å². The summed E-state index contributed by atoms with van der Waals surface area (Å²) in [5.41, 5.74) is 4.10. The molecule has 1 N–H and O–H groups in total. The molecule has 162 valence electrons. The number of anilines is 1. The number of nitrogens with one attached hydrogen (secondary N) is 1. The monoisotopic (exact) mass is 444 g/mol. The highest BCUT2D eigenvalue weighted by Crippen LogP contribution is 2.35. The number of fused-ring (bicyclic) bond motifs is 1. The van der Waals surface area contributed by atoms with Crippen molar-refractivity contribution in [1.29, 1.82) is 0 Å². The molecule has 2 aromatic heterocycles. The molecule has 32 heavy (non-hydrogen) atoms. The van der Waals surface area contributed by atoms with Gasteiger partial charge in [-0.05, 0) is 42.5 Å². The molecule has 1 aliphatic rings. The minimum Gasteiger partial charge on any atom is -0.439 e. The van der Waals surface area contributed by atoms with Gasteiger partial charge in [-0.25, -0.2) is 0 Å². The lowest BCUT2D eigenvalue weighted by atomic mass is 10.1. The fourth-order valence-electron chi connectivity index (χ4n) is 4.08. The molecular formula is C26H24N2O3S. The van der Waals surface area contributed by atoms with Crippen molar-refractivity contribution in [2.24, 2.45) is 0 Å². The Labute approximate surface area is 190 Å². The summed E-state index contributed by atoms with van der Waals surface area (Å²) in [5, 5.41) is 4.91. The maximum absolute atomic E-state index is 12.7. The summed E-state index contributed by atoms with van der Waals surface area (Å²) >= 11 is 1.40. The molecule has 5 rings (SSSR count). The highest BCUT2D eigenvalue weighted by Gasteiger charge is 2.18. The minimum absolute atomic E-state index is 0.0000154. The fourth-order valence-corrected chi connectivity index (χ4v) is 4.99. The topological polar surface area (TPSA) is 62.6 Å². The van der Waals surface area contributed by atoms with Crippen molar-refractivity contribution in [3.63, 3.8) is 0 Å². The Morgan fingerprint density at radius 2 is 1.75 bits per heavy atom. The summed E-state index contributed by atoms with van der Waals surface area (Å²) in [6.45, 7) is 2.32. The predicted octanol–water partition coefficient (Wildman–Crippen LogP) is 5.44. The van der Waals surface area contributed by atoms with E-state index in [9.17, 15) is 9.59 Å². The van der Waals surface area contributed by atoms with Gasteiger partial charge in [0.2, 0.25) is 5.43 Å². The molecule has 6 heteroatoms. The van der Waals surface area contributed by atoms with Crippen molar-refractivity contribution in [1.82, 2.24) is 5.32 Å². The zero-order valence-electron chi connectivity index (χ0n) is 17.7. The molecule has 1 fully saturated rings. The summed E-state index contributed by atoms with van der Waals surface area (Å²) in [6, 6.07) is 18.9. The van der Waals surface area contributed by atoms with Gasteiger partial charge in [0, 0.05) is 42.2 Å². The maximum atomic E-state index is 12.7. The summed E-state index contributed by atoms with van der Waals surface area (Å²) < 4.78 is 6.86. The molecule has 4 aromatic rings. The predicted molar refractivity (Wildman–Crippen MR) is 129 cm³/mol. The SMILES string of the molecule is O=C(NCc1ccccc1)c1ccc(-c2csc3c(=O)cc(N4CCCCC4)oc23)cc1. The third-order valence-electron chi connectivity index (χ3n) is 5.85. The number of carbonyl (C=O) groups is 1. The number of thiophene rings is 1. The molecular weight excluding hydrogens is 420 g/mol. The van der Waals surface area contributed by atoms with Crippen molar-refractivity contribution < 1.29 is 9.21 Å². The molecule has 0 unspecified atom stereocenters. The fraction of sp³-hybridized carbons (Fsp3) is 0.231. The van der Waals surface area contributed by atoms with Crippen molar-refractivity contribution in [2.45, 2.75) is 25.8 Å². The van der Waals surface area contributed by atoms with E-state index >= 15 is 0 Å². The molecule has 1 aliphatic heterocycles. The van der Waals surface area contributed by atoms with Crippen LogP contribution in [0.15, 0.2) is 75.3 Å². The first kappa shape index (κ1) is 20.5. The van der Waals surface area contributed by atoms with E-state index in [2.05, 4.69) is 10.2 Å². The first-order valence-corrected chi connectivity index (χ1v) is 11.8. The van der Waals surface area contributed by atoms with Crippen molar-refractivity contribution >= 4 is 33.4 Å². The number of rotatable bonds is 5. The van der Waals surface area contributed by atoms with Crippen LogP contribution in [0.2, 0.25) is 0 Å². The maximum Gasteiger partial charge on any atom is 0.251 e. The van der Waals surface area contributed by atoms with Crippen LogP contribution in [0.4, 0.5) is 5.88 Å². The Balaban J connectivity index is 1.38. The van der Waals surface area contributed by atoms with Gasteiger partial charge in [0.15, 0.2) is 11.5 Å². The van der Waals surface area contributed by atoms with Gasteiger partial charge in [0.25, 0.3) is 5.91 Å². The molecule has 5 nitrogen and oxygen atoms in total. The number of amides is 1. The van der Waals surface area contributed by atoms with E-state index < -0.39 is 0 Å². The molecule has 0 bridgehead atoms. The van der Waals surface area contributed by atoms with Crippen LogP contribution < -0.4 is 15.6 Å². The van der Waals surface area contributed by atoms with Gasteiger partial charge in [-0.15, -0.1) is 11.3 Å². The lowest BCUT2D eigenvalue weighted by molar-refractivity contribution is 0.0951. The van der Waals surface area contributed by atoms with Crippen molar-refractivity contribution in [3.05, 3.63) is 87.4 Å². The second kappa shape index (κ2) is 9.01. The standard InChI is InChI=1S/C26H24N2O3S/c29-22-15-23(28-13-5-2-6-14-28)31-24-21(17-32-25(22)24)19-9-11-20(12-10-19)26(30)27-16-18-7-3-1-4-8-18/h1,3-4,7-12,15,17H,2,5-6,13-14,16H2,(H,27,30). The van der Waals surface area contributed by atoms with E-state index in [1.54, 1.807) is 6.07 Å². The lowest BCUT2D eigenvalue weighted by Crippen LogP contribution is -2.29. The number of hydrogen-bond donors (Lipinski definition) is 1. The number of carbonyl (C=O) groups excluding carboxylic acids is 1. The van der Waals surface area contributed by atoms with E-state index in [0.29, 0.717) is 28.3 Å². The van der Waals surface area contributed by atoms with Crippen LogP contribution in [-0.4, -0.2) is 19.0 Å². The van der Waals surface area contributed by atoms with E-state index in [1.165, 1.54) is 17.8 Å². The normalized spacial score (nSPS) is 13.9. The van der Waals surface area contributed by atoms with Crippen LogP contribution in [0, 0.1) is 0 Å². The van der Waals surface area contributed by atoms with Crippen LogP contribution in [-0.2, 0) is 6.54 Å². The third kappa shape index (κ3) is 4.18. The quantitative estimate of drug-likeness (QED) is 0.445. The second-order valence-electron chi connectivity index (χ2n) is 8.05. The number of nitrogens with zero attached hydrogens (tertiary/aromatic N) is 1. The van der Waals surface area contributed by atoms with Crippen LogP contribution in [0.5, 0.6) is 0 Å². The average molecular weight is 445 g/mol. The van der Waals surface area contributed by atoms with Crippen LogP contribution >= 0.6 is 11.3 Å². The molecule has 0 aliphatic carbocycles. The number of piperidine rings is 1. The van der Waals surface area contributed by atoms with Gasteiger partial charge >= 0.3 is 0 Å². The zero-order valence-corrected chi connectivity index (χ0v) is 18.5. The highest BCUT2D eigenvalue weighted by atomic mass is 32.1. The third-order valence-corrected chi connectivity index (χ3v) is 6.83. The van der Waals surface area contributed by atoms with Crippen molar-refractivity contribution in [2.75, 3.05) is 18.0 Å². The van der Waals surface area contributed by atoms with E-state index in [-0.39, 0.29) is 11.3 Å². The molecule has 0 spiro atoms. The molecule has 1 amide bonds. The van der Waals surface area contributed by atoms with Gasteiger partial charge in [-0.1, -0.05) is 42.5 Å². The van der Waals surface area contributed by atoms with Crippen LogP contribution in [0.1, 0.15) is 35.2 Å². The Kier molecular flexibility index (Phi) is 5.77. The molecule has 0 saturated carbocycles. The van der Waals surface area contributed by atoms with Crippen LogP contribution in [0.3, 0.4) is 0 Å². The van der Waals surface area contributed by atoms with E-state index in [0.717, 1.165) is 42.6 Å². The minimum atomic E-state index is -0.116. The second-order valence-corrected chi connectivity index (χ2v) is 8.93. The molecule has 0 atom stereocenters. The van der Waals surface area contributed by atoms with Gasteiger partial charge in [0.05, 0.1) is 0 Å². The first-order chi connectivity index (χ1) is 15.7. The number of benzene rings is 2. The zero-order chi connectivity index (χ0) is 21.9. The van der Waals surface area contributed by atoms with Gasteiger partial charge in [-0.2, -0.15) is 0 Å². The first-order valence-electron chi connectivity index (χ1n) is 10.9. The van der Waals surface area contributed by atoms with Gasteiger partial charge in [-0.3, -0.25) is 9.59 Å². The smallest absolute Gasteiger partial charge is 0.251 e. The molecule has 2 aromatic carbocycles.